The van der Waals surface area contributed by atoms with Gasteiger partial charge in [0.15, 0.2) is 0 Å². The van der Waals surface area contributed by atoms with Gasteiger partial charge in [0.1, 0.15) is 16.5 Å². The highest BCUT2D eigenvalue weighted by atomic mass is 35.5. The Labute approximate surface area is 134 Å². The van der Waals surface area contributed by atoms with Gasteiger partial charge in [-0.25, -0.2) is 4.98 Å². The number of halogens is 1. The van der Waals surface area contributed by atoms with Crippen molar-refractivity contribution in [2.45, 2.75) is 13.1 Å². The van der Waals surface area contributed by atoms with Crippen molar-refractivity contribution in [1.82, 2.24) is 9.88 Å². The van der Waals surface area contributed by atoms with Crippen molar-refractivity contribution in [2.75, 3.05) is 14.2 Å². The van der Waals surface area contributed by atoms with Crippen molar-refractivity contribution in [3.05, 3.63) is 45.9 Å². The van der Waals surface area contributed by atoms with Gasteiger partial charge in [0.2, 0.25) is 0 Å². The van der Waals surface area contributed by atoms with Gasteiger partial charge in [-0.2, -0.15) is 0 Å². The van der Waals surface area contributed by atoms with Gasteiger partial charge in [-0.1, -0.05) is 12.1 Å². The highest BCUT2D eigenvalue weighted by Crippen LogP contribution is 2.15. The molecule has 0 saturated heterocycles. The Balaban J connectivity index is 0.00000220. The van der Waals surface area contributed by atoms with Gasteiger partial charge in [0, 0.05) is 25.5 Å². The van der Waals surface area contributed by atoms with Crippen molar-refractivity contribution in [3.63, 3.8) is 0 Å². The second-order valence-corrected chi connectivity index (χ2v) is 5.28. The zero-order valence-corrected chi connectivity index (χ0v) is 13.5. The average molecular weight is 328 g/mol. The number of thiazole rings is 1. The molecule has 0 aliphatic carbocycles. The molecule has 2 N–H and O–H groups in total. The molecule has 2 rings (SSSR count). The van der Waals surface area contributed by atoms with E-state index < -0.39 is 0 Å². The normalized spacial score (nSPS) is 9.86. The standard InChI is InChI=1S/C14H17N3O2S.ClH/c1-17(8-10-3-5-11(19-2)6-4-10)14(18)12-9-20-13(7-15)16-12;/h3-6,9H,7-8,15H2,1-2H3;1H. The molecule has 0 saturated carbocycles. The lowest BCUT2D eigenvalue weighted by Crippen LogP contribution is -2.26. The third kappa shape index (κ3) is 4.42. The van der Waals surface area contributed by atoms with Gasteiger partial charge >= 0.3 is 0 Å². The summed E-state index contributed by atoms with van der Waals surface area (Å²) < 4.78 is 5.11. The number of methoxy groups -OCH3 is 1. The molecule has 5 nitrogen and oxygen atoms in total. The summed E-state index contributed by atoms with van der Waals surface area (Å²) in [6.07, 6.45) is 0. The number of carbonyl (C=O) groups excluding carboxylic acids is 1. The molecule has 1 amide bonds. The number of ether oxygens (including phenoxy) is 1. The monoisotopic (exact) mass is 327 g/mol. The summed E-state index contributed by atoms with van der Waals surface area (Å²) in [7, 11) is 3.38. The Kier molecular flexibility index (Phi) is 6.61. The van der Waals surface area contributed by atoms with E-state index in [4.69, 9.17) is 10.5 Å². The first-order valence-corrected chi connectivity index (χ1v) is 7.05. The Morgan fingerprint density at radius 2 is 2.05 bits per heavy atom. The first-order chi connectivity index (χ1) is 9.63. The summed E-state index contributed by atoms with van der Waals surface area (Å²) in [5.41, 5.74) is 6.99. The summed E-state index contributed by atoms with van der Waals surface area (Å²) in [6.45, 7) is 0.887. The van der Waals surface area contributed by atoms with Gasteiger partial charge in [-0.05, 0) is 17.7 Å². The van der Waals surface area contributed by atoms with Gasteiger partial charge in [0.25, 0.3) is 5.91 Å². The molecule has 0 bridgehead atoms. The first kappa shape index (κ1) is 17.4. The fourth-order valence-corrected chi connectivity index (χ4v) is 2.42. The summed E-state index contributed by atoms with van der Waals surface area (Å²) in [6, 6.07) is 7.63. The number of benzene rings is 1. The van der Waals surface area contributed by atoms with Crippen LogP contribution in [0.15, 0.2) is 29.6 Å². The molecule has 114 valence electrons. The Morgan fingerprint density at radius 3 is 2.57 bits per heavy atom. The molecular weight excluding hydrogens is 310 g/mol. The van der Waals surface area contributed by atoms with Crippen molar-refractivity contribution in [3.8, 4) is 5.75 Å². The van der Waals surface area contributed by atoms with E-state index >= 15 is 0 Å². The van der Waals surface area contributed by atoms with Gasteiger partial charge in [-0.3, -0.25) is 4.79 Å². The predicted octanol–water partition coefficient (Wildman–Crippen LogP) is 2.30. The van der Waals surface area contributed by atoms with Crippen LogP contribution in [0.1, 0.15) is 21.1 Å². The molecule has 7 heteroatoms. The third-order valence-corrected chi connectivity index (χ3v) is 3.74. The molecule has 2 aromatic rings. The van der Waals surface area contributed by atoms with Gasteiger partial charge in [0.05, 0.1) is 7.11 Å². The number of rotatable bonds is 5. The fourth-order valence-electron chi connectivity index (χ4n) is 1.78. The molecule has 0 radical (unpaired) electrons. The van der Waals surface area contributed by atoms with Crippen LogP contribution in [0.4, 0.5) is 0 Å². The third-order valence-electron chi connectivity index (χ3n) is 2.87. The van der Waals surface area contributed by atoms with Crippen LogP contribution in [-0.4, -0.2) is 29.9 Å². The second kappa shape index (κ2) is 7.97. The molecule has 0 unspecified atom stereocenters. The lowest BCUT2D eigenvalue weighted by molar-refractivity contribution is 0.0780. The number of hydrogen-bond donors (Lipinski definition) is 1. The average Bonchev–Trinajstić information content (AvgIpc) is 2.96. The zero-order chi connectivity index (χ0) is 14.5. The molecule has 1 aromatic heterocycles. The quantitative estimate of drug-likeness (QED) is 0.915. The topological polar surface area (TPSA) is 68.5 Å². The largest absolute Gasteiger partial charge is 0.497 e. The van der Waals surface area contributed by atoms with E-state index in [1.807, 2.05) is 24.3 Å². The van der Waals surface area contributed by atoms with Crippen LogP contribution in [-0.2, 0) is 13.1 Å². The van der Waals surface area contributed by atoms with Crippen LogP contribution in [0.2, 0.25) is 0 Å². The number of nitrogens with two attached hydrogens (primary N) is 1. The molecule has 0 aliphatic rings. The van der Waals surface area contributed by atoms with Crippen LogP contribution in [0.3, 0.4) is 0 Å². The Bertz CT molecular complexity index is 586. The van der Waals surface area contributed by atoms with E-state index in [2.05, 4.69) is 4.98 Å². The lowest BCUT2D eigenvalue weighted by atomic mass is 10.2. The number of amides is 1. The minimum absolute atomic E-state index is 0. The lowest BCUT2D eigenvalue weighted by Gasteiger charge is -2.16. The molecule has 21 heavy (non-hydrogen) atoms. The molecular formula is C14H18ClN3O2S. The summed E-state index contributed by atoms with van der Waals surface area (Å²) in [4.78, 5) is 18.0. The maximum Gasteiger partial charge on any atom is 0.273 e. The smallest absolute Gasteiger partial charge is 0.273 e. The van der Waals surface area contributed by atoms with Crippen LogP contribution >= 0.6 is 23.7 Å². The van der Waals surface area contributed by atoms with E-state index in [0.717, 1.165) is 16.3 Å². The number of hydrogen-bond acceptors (Lipinski definition) is 5. The van der Waals surface area contributed by atoms with E-state index in [1.165, 1.54) is 11.3 Å². The highest BCUT2D eigenvalue weighted by molar-refractivity contribution is 7.09. The van der Waals surface area contributed by atoms with Gasteiger partial charge in [-0.15, -0.1) is 23.7 Å². The minimum atomic E-state index is -0.100. The maximum atomic E-state index is 12.2. The van der Waals surface area contributed by atoms with Crippen LogP contribution in [0.25, 0.3) is 0 Å². The van der Waals surface area contributed by atoms with Crippen LogP contribution in [0.5, 0.6) is 5.75 Å². The van der Waals surface area contributed by atoms with E-state index in [-0.39, 0.29) is 18.3 Å². The molecule has 0 atom stereocenters. The zero-order valence-electron chi connectivity index (χ0n) is 11.9. The SMILES string of the molecule is COc1ccc(CN(C)C(=O)c2csc(CN)n2)cc1.Cl. The predicted molar refractivity (Wildman–Crippen MR) is 86.0 cm³/mol. The van der Waals surface area contributed by atoms with Crippen molar-refractivity contribution in [1.29, 1.82) is 0 Å². The minimum Gasteiger partial charge on any atom is -0.497 e. The number of aromatic nitrogens is 1. The second-order valence-electron chi connectivity index (χ2n) is 4.34. The van der Waals surface area contributed by atoms with Crippen LogP contribution in [0, 0.1) is 0 Å². The fraction of sp³-hybridized carbons (Fsp3) is 0.286. The summed E-state index contributed by atoms with van der Waals surface area (Å²) in [5, 5.41) is 2.51. The molecule has 1 heterocycles. The highest BCUT2D eigenvalue weighted by Gasteiger charge is 2.15. The summed E-state index contributed by atoms with van der Waals surface area (Å²) >= 11 is 1.41. The van der Waals surface area contributed by atoms with Crippen LogP contribution < -0.4 is 10.5 Å². The van der Waals surface area contributed by atoms with Gasteiger partial charge < -0.3 is 15.4 Å². The van der Waals surface area contributed by atoms with E-state index in [9.17, 15) is 4.79 Å². The van der Waals surface area contributed by atoms with Crippen molar-refractivity contribution >= 4 is 29.7 Å². The van der Waals surface area contributed by atoms with E-state index in [1.54, 1.807) is 24.4 Å². The molecule has 1 aromatic carbocycles. The molecule has 0 spiro atoms. The van der Waals surface area contributed by atoms with Crippen molar-refractivity contribution < 1.29 is 9.53 Å². The molecule has 0 fully saturated rings. The Hall–Kier alpha value is -1.63. The number of nitrogens with zero attached hydrogens (tertiary/aromatic N) is 2. The first-order valence-electron chi connectivity index (χ1n) is 6.17. The number of carbonyl (C=O) groups is 1. The van der Waals surface area contributed by atoms with E-state index in [0.29, 0.717) is 18.8 Å². The Morgan fingerprint density at radius 1 is 1.38 bits per heavy atom. The molecule has 0 aliphatic heterocycles. The van der Waals surface area contributed by atoms with Crippen molar-refractivity contribution in [2.24, 2.45) is 5.73 Å². The summed E-state index contributed by atoms with van der Waals surface area (Å²) in [5.74, 6) is 0.701. The maximum absolute atomic E-state index is 12.2.